The number of carbonyl (C=O) groups excluding carboxylic acids is 1. The molecule has 1 rings (SSSR count). The summed E-state index contributed by atoms with van der Waals surface area (Å²) in [4.78, 5) is 25.3. The second kappa shape index (κ2) is 7.66. The van der Waals surface area contributed by atoms with Gasteiger partial charge in [0.15, 0.2) is 0 Å². The molecular formula is C16H30N2O3. The average molecular weight is 298 g/mol. The number of urea groups is 1. The van der Waals surface area contributed by atoms with E-state index in [4.69, 9.17) is 0 Å². The van der Waals surface area contributed by atoms with E-state index in [2.05, 4.69) is 33.0 Å². The van der Waals surface area contributed by atoms with Crippen molar-refractivity contribution in [2.75, 3.05) is 13.1 Å². The van der Waals surface area contributed by atoms with Crippen LogP contribution in [0.3, 0.4) is 0 Å². The van der Waals surface area contributed by atoms with Crippen molar-refractivity contribution < 1.29 is 14.7 Å². The number of nitrogens with one attached hydrogen (secondary N) is 1. The molecule has 21 heavy (non-hydrogen) atoms. The molecule has 0 aromatic heterocycles. The van der Waals surface area contributed by atoms with Crippen molar-refractivity contribution in [3.05, 3.63) is 0 Å². The lowest BCUT2D eigenvalue weighted by Gasteiger charge is -2.37. The van der Waals surface area contributed by atoms with Gasteiger partial charge in [0.25, 0.3) is 0 Å². The second-order valence-electron chi connectivity index (χ2n) is 6.93. The highest BCUT2D eigenvalue weighted by molar-refractivity contribution is 5.83. The molecule has 1 aliphatic rings. The van der Waals surface area contributed by atoms with E-state index in [9.17, 15) is 14.7 Å². The second-order valence-corrected chi connectivity index (χ2v) is 6.93. The molecule has 0 aliphatic carbocycles. The Labute approximate surface area is 128 Å². The summed E-state index contributed by atoms with van der Waals surface area (Å²) in [7, 11) is 0. The number of carboxylic acid groups (broad SMARTS) is 1. The van der Waals surface area contributed by atoms with E-state index in [1.807, 2.05) is 6.92 Å². The van der Waals surface area contributed by atoms with Gasteiger partial charge in [0.1, 0.15) is 6.04 Å². The highest BCUT2D eigenvalue weighted by Gasteiger charge is 2.37. The Morgan fingerprint density at radius 3 is 2.29 bits per heavy atom. The Morgan fingerprint density at radius 2 is 1.81 bits per heavy atom. The number of rotatable bonds is 5. The van der Waals surface area contributed by atoms with Crippen molar-refractivity contribution in [3.8, 4) is 0 Å². The van der Waals surface area contributed by atoms with Crippen LogP contribution in [0.5, 0.6) is 0 Å². The lowest BCUT2D eigenvalue weighted by atomic mass is 9.85. The van der Waals surface area contributed by atoms with Gasteiger partial charge in [-0.15, -0.1) is 0 Å². The van der Waals surface area contributed by atoms with Crippen LogP contribution in [0.2, 0.25) is 0 Å². The summed E-state index contributed by atoms with van der Waals surface area (Å²) >= 11 is 0. The van der Waals surface area contributed by atoms with Crippen LogP contribution in [0.15, 0.2) is 0 Å². The van der Waals surface area contributed by atoms with E-state index >= 15 is 0 Å². The Balaban J connectivity index is 2.66. The van der Waals surface area contributed by atoms with Gasteiger partial charge in [-0.25, -0.2) is 9.59 Å². The zero-order valence-electron chi connectivity index (χ0n) is 13.9. The minimum Gasteiger partial charge on any atom is -0.480 e. The molecule has 0 radical (unpaired) electrons. The predicted molar refractivity (Wildman–Crippen MR) is 83.1 cm³/mol. The lowest BCUT2D eigenvalue weighted by Crippen LogP contribution is -2.55. The summed E-state index contributed by atoms with van der Waals surface area (Å²) in [5.41, 5.74) is 0. The number of nitrogens with zero attached hydrogens (tertiary/aromatic N) is 1. The number of amides is 2. The average Bonchev–Trinajstić information content (AvgIpc) is 2.36. The van der Waals surface area contributed by atoms with Gasteiger partial charge in [-0.2, -0.15) is 0 Å². The zero-order chi connectivity index (χ0) is 16.2. The predicted octanol–water partition coefficient (Wildman–Crippen LogP) is 2.81. The van der Waals surface area contributed by atoms with Crippen molar-refractivity contribution in [3.63, 3.8) is 0 Å². The molecule has 0 aromatic carbocycles. The molecule has 0 aromatic rings. The molecule has 2 unspecified atom stereocenters. The van der Waals surface area contributed by atoms with E-state index in [0.29, 0.717) is 30.8 Å². The molecule has 0 spiro atoms. The van der Waals surface area contributed by atoms with Crippen LogP contribution < -0.4 is 5.32 Å². The van der Waals surface area contributed by atoms with Crippen molar-refractivity contribution in [2.24, 2.45) is 23.7 Å². The third kappa shape index (κ3) is 4.61. The van der Waals surface area contributed by atoms with Crippen LogP contribution in [0, 0.1) is 23.7 Å². The summed E-state index contributed by atoms with van der Waals surface area (Å²) in [6, 6.07) is -0.935. The van der Waals surface area contributed by atoms with Crippen LogP contribution in [-0.4, -0.2) is 41.1 Å². The van der Waals surface area contributed by atoms with Gasteiger partial charge in [0.05, 0.1) is 0 Å². The van der Waals surface area contributed by atoms with E-state index in [0.717, 1.165) is 12.8 Å². The quantitative estimate of drug-likeness (QED) is 0.820. The standard InChI is InChI=1S/C16H30N2O3/c1-10(2)13(11(3)4)9-17-16(21)18-8-6-7-12(5)14(18)15(19)20/h10-14H,6-9H2,1-5H3,(H,17,21)(H,19,20). The maximum Gasteiger partial charge on any atom is 0.326 e. The van der Waals surface area contributed by atoms with Gasteiger partial charge in [-0.1, -0.05) is 34.6 Å². The van der Waals surface area contributed by atoms with E-state index in [1.54, 1.807) is 0 Å². The van der Waals surface area contributed by atoms with Gasteiger partial charge in [-0.05, 0) is 36.5 Å². The summed E-state index contributed by atoms with van der Waals surface area (Å²) in [5, 5.41) is 12.3. The summed E-state index contributed by atoms with van der Waals surface area (Å²) < 4.78 is 0. The molecule has 2 atom stereocenters. The number of carboxylic acids is 1. The molecule has 1 aliphatic heterocycles. The SMILES string of the molecule is CC(C)C(CNC(=O)N1CCCC(C)C1C(=O)O)C(C)C. The van der Waals surface area contributed by atoms with Crippen LogP contribution >= 0.6 is 0 Å². The maximum atomic E-state index is 12.4. The molecule has 5 nitrogen and oxygen atoms in total. The first-order valence-electron chi connectivity index (χ1n) is 8.03. The minimum absolute atomic E-state index is 0.00740. The van der Waals surface area contributed by atoms with Crippen molar-refractivity contribution in [1.29, 1.82) is 0 Å². The molecule has 0 bridgehead atoms. The van der Waals surface area contributed by atoms with Gasteiger partial charge in [0.2, 0.25) is 0 Å². The van der Waals surface area contributed by atoms with Gasteiger partial charge < -0.3 is 15.3 Å². The number of carbonyl (C=O) groups is 2. The summed E-state index contributed by atoms with van der Waals surface area (Å²) in [5.74, 6) is 0.482. The third-order valence-corrected chi connectivity index (χ3v) is 4.65. The van der Waals surface area contributed by atoms with Crippen molar-refractivity contribution in [1.82, 2.24) is 10.2 Å². The summed E-state index contributed by atoms with van der Waals surface area (Å²) in [6.45, 7) is 11.6. The molecule has 122 valence electrons. The Bertz CT molecular complexity index is 361. The number of hydrogen-bond acceptors (Lipinski definition) is 2. The van der Waals surface area contributed by atoms with Gasteiger partial charge >= 0.3 is 12.0 Å². The Kier molecular flexibility index (Phi) is 6.49. The molecule has 1 saturated heterocycles. The molecule has 2 amide bonds. The molecule has 2 N–H and O–H groups in total. The molecule has 1 heterocycles. The fourth-order valence-electron chi connectivity index (χ4n) is 3.34. The van der Waals surface area contributed by atoms with Crippen molar-refractivity contribution >= 4 is 12.0 Å². The van der Waals surface area contributed by atoms with E-state index in [-0.39, 0.29) is 11.9 Å². The largest absolute Gasteiger partial charge is 0.480 e. The fraction of sp³-hybridized carbons (Fsp3) is 0.875. The Morgan fingerprint density at radius 1 is 1.24 bits per heavy atom. The number of likely N-dealkylation sites (tertiary alicyclic amines) is 1. The van der Waals surface area contributed by atoms with Gasteiger partial charge in [-0.3, -0.25) is 0 Å². The smallest absolute Gasteiger partial charge is 0.326 e. The van der Waals surface area contributed by atoms with E-state index in [1.165, 1.54) is 4.90 Å². The first-order valence-corrected chi connectivity index (χ1v) is 8.03. The zero-order valence-corrected chi connectivity index (χ0v) is 13.9. The number of aliphatic carboxylic acids is 1. The minimum atomic E-state index is -0.901. The maximum absolute atomic E-state index is 12.4. The van der Waals surface area contributed by atoms with Crippen LogP contribution in [0.4, 0.5) is 4.79 Å². The topological polar surface area (TPSA) is 69.6 Å². The molecule has 5 heteroatoms. The van der Waals surface area contributed by atoms with Gasteiger partial charge in [0, 0.05) is 13.1 Å². The first-order chi connectivity index (χ1) is 9.75. The first kappa shape index (κ1) is 17.8. The van der Waals surface area contributed by atoms with Crippen molar-refractivity contribution in [2.45, 2.75) is 53.5 Å². The Hall–Kier alpha value is -1.26. The number of hydrogen-bond donors (Lipinski definition) is 2. The molecule has 0 saturated carbocycles. The molecular weight excluding hydrogens is 268 g/mol. The highest BCUT2D eigenvalue weighted by atomic mass is 16.4. The third-order valence-electron chi connectivity index (χ3n) is 4.65. The van der Waals surface area contributed by atoms with Crippen LogP contribution in [0.25, 0.3) is 0 Å². The van der Waals surface area contributed by atoms with Crippen LogP contribution in [0.1, 0.15) is 47.5 Å². The van der Waals surface area contributed by atoms with E-state index < -0.39 is 12.0 Å². The number of piperidine rings is 1. The fourth-order valence-corrected chi connectivity index (χ4v) is 3.34. The summed E-state index contributed by atoms with van der Waals surface area (Å²) in [6.07, 6.45) is 1.73. The monoisotopic (exact) mass is 298 g/mol. The lowest BCUT2D eigenvalue weighted by molar-refractivity contribution is -0.145. The highest BCUT2D eigenvalue weighted by Crippen LogP contribution is 2.24. The molecule has 1 fully saturated rings. The van der Waals surface area contributed by atoms with Crippen LogP contribution in [-0.2, 0) is 4.79 Å². The normalized spacial score (nSPS) is 23.0.